The van der Waals surface area contributed by atoms with Crippen LogP contribution in [0.5, 0.6) is 0 Å². The summed E-state index contributed by atoms with van der Waals surface area (Å²) in [4.78, 5) is 0. The summed E-state index contributed by atoms with van der Waals surface area (Å²) in [7, 11) is 0. The standard InChI is InChI=1S/C36H27N/c1-4-12-27(13-5-1)28-20-23-32(24-21-28)37-36-25-22-31(26-35(36)30-16-8-3-9-17-30)34-19-11-10-18-33(34)29-14-6-2-7-15-29/h1-26,37H. The van der Waals surface area contributed by atoms with Gasteiger partial charge >= 0.3 is 0 Å². The van der Waals surface area contributed by atoms with Gasteiger partial charge in [0, 0.05) is 16.9 Å². The zero-order chi connectivity index (χ0) is 24.9. The van der Waals surface area contributed by atoms with Gasteiger partial charge in [-0.15, -0.1) is 0 Å². The van der Waals surface area contributed by atoms with Crippen molar-refractivity contribution in [3.8, 4) is 44.5 Å². The second-order valence-electron chi connectivity index (χ2n) is 9.11. The average molecular weight is 474 g/mol. The first-order valence-corrected chi connectivity index (χ1v) is 12.6. The monoisotopic (exact) mass is 473 g/mol. The van der Waals surface area contributed by atoms with E-state index in [0.29, 0.717) is 0 Å². The van der Waals surface area contributed by atoms with Crippen LogP contribution < -0.4 is 5.32 Å². The van der Waals surface area contributed by atoms with Crippen LogP contribution in [0, 0.1) is 0 Å². The Morgan fingerprint density at radius 2 is 0.730 bits per heavy atom. The molecule has 0 atom stereocenters. The second-order valence-corrected chi connectivity index (χ2v) is 9.11. The highest BCUT2D eigenvalue weighted by molar-refractivity contribution is 5.89. The molecule has 37 heavy (non-hydrogen) atoms. The molecule has 0 fully saturated rings. The minimum absolute atomic E-state index is 1.06. The summed E-state index contributed by atoms with van der Waals surface area (Å²) in [5.74, 6) is 0. The van der Waals surface area contributed by atoms with Crippen molar-refractivity contribution in [2.24, 2.45) is 0 Å². The molecule has 0 radical (unpaired) electrons. The minimum atomic E-state index is 1.06. The van der Waals surface area contributed by atoms with Crippen molar-refractivity contribution in [1.29, 1.82) is 0 Å². The molecule has 1 heteroatoms. The summed E-state index contributed by atoms with van der Waals surface area (Å²) in [6, 6.07) is 55.7. The smallest absolute Gasteiger partial charge is 0.0464 e. The van der Waals surface area contributed by atoms with E-state index in [0.717, 1.165) is 11.4 Å². The van der Waals surface area contributed by atoms with E-state index in [2.05, 4.69) is 157 Å². The third-order valence-corrected chi connectivity index (χ3v) is 6.70. The molecule has 1 nitrogen and oxygen atoms in total. The predicted octanol–water partition coefficient (Wildman–Crippen LogP) is 10.1. The Kier molecular flexibility index (Phi) is 6.34. The maximum absolute atomic E-state index is 3.67. The number of rotatable bonds is 6. The fourth-order valence-electron chi connectivity index (χ4n) is 4.81. The molecule has 0 saturated carbocycles. The lowest BCUT2D eigenvalue weighted by atomic mass is 9.92. The molecule has 6 aromatic carbocycles. The molecule has 0 aliphatic carbocycles. The van der Waals surface area contributed by atoms with Crippen molar-refractivity contribution in [3.63, 3.8) is 0 Å². The second kappa shape index (κ2) is 10.4. The maximum Gasteiger partial charge on any atom is 0.0464 e. The number of nitrogens with one attached hydrogen (secondary N) is 1. The van der Waals surface area contributed by atoms with Crippen molar-refractivity contribution in [2.45, 2.75) is 0 Å². The fourth-order valence-corrected chi connectivity index (χ4v) is 4.81. The molecule has 0 aliphatic rings. The number of anilines is 2. The van der Waals surface area contributed by atoms with Gasteiger partial charge in [0.1, 0.15) is 0 Å². The Morgan fingerprint density at radius 3 is 1.32 bits per heavy atom. The van der Waals surface area contributed by atoms with Crippen molar-refractivity contribution < 1.29 is 0 Å². The van der Waals surface area contributed by atoms with Gasteiger partial charge in [-0.3, -0.25) is 0 Å². The summed E-state index contributed by atoms with van der Waals surface area (Å²) in [5, 5.41) is 3.67. The van der Waals surface area contributed by atoms with Crippen LogP contribution in [0.4, 0.5) is 11.4 Å². The van der Waals surface area contributed by atoms with Crippen molar-refractivity contribution in [2.75, 3.05) is 5.32 Å². The zero-order valence-corrected chi connectivity index (χ0v) is 20.5. The number of hydrogen-bond donors (Lipinski definition) is 1. The molecular weight excluding hydrogens is 446 g/mol. The SMILES string of the molecule is c1ccc(-c2ccc(Nc3ccc(-c4ccccc4-c4ccccc4)cc3-c3ccccc3)cc2)cc1. The average Bonchev–Trinajstić information content (AvgIpc) is 2.99. The van der Waals surface area contributed by atoms with Gasteiger partial charge in [-0.25, -0.2) is 0 Å². The third kappa shape index (κ3) is 4.94. The van der Waals surface area contributed by atoms with Crippen LogP contribution in [0.1, 0.15) is 0 Å². The molecule has 0 amide bonds. The van der Waals surface area contributed by atoms with E-state index in [9.17, 15) is 0 Å². The van der Waals surface area contributed by atoms with Gasteiger partial charge < -0.3 is 5.32 Å². The molecule has 176 valence electrons. The van der Waals surface area contributed by atoms with Gasteiger partial charge in [-0.1, -0.05) is 133 Å². The van der Waals surface area contributed by atoms with Crippen molar-refractivity contribution >= 4 is 11.4 Å². The van der Waals surface area contributed by atoms with Gasteiger partial charge in [0.15, 0.2) is 0 Å². The maximum atomic E-state index is 3.67. The molecule has 0 saturated heterocycles. The van der Waals surface area contributed by atoms with E-state index >= 15 is 0 Å². The summed E-state index contributed by atoms with van der Waals surface area (Å²) in [6.45, 7) is 0. The molecule has 0 spiro atoms. The molecule has 6 rings (SSSR count). The first-order valence-electron chi connectivity index (χ1n) is 12.6. The van der Waals surface area contributed by atoms with Crippen LogP contribution in [-0.2, 0) is 0 Å². The lowest BCUT2D eigenvalue weighted by molar-refractivity contribution is 1.52. The Balaban J connectivity index is 1.39. The first kappa shape index (κ1) is 22.6. The van der Waals surface area contributed by atoms with E-state index in [4.69, 9.17) is 0 Å². The Labute approximate surface area is 218 Å². The topological polar surface area (TPSA) is 12.0 Å². The Hall–Kier alpha value is -4.88. The summed E-state index contributed by atoms with van der Waals surface area (Å²) in [5.41, 5.74) is 11.8. The van der Waals surface area contributed by atoms with Gasteiger partial charge in [0.2, 0.25) is 0 Å². The van der Waals surface area contributed by atoms with E-state index in [1.807, 2.05) is 6.07 Å². The summed E-state index contributed by atoms with van der Waals surface area (Å²) < 4.78 is 0. The predicted molar refractivity (Wildman–Crippen MR) is 158 cm³/mol. The van der Waals surface area contributed by atoms with E-state index in [1.54, 1.807) is 0 Å². The van der Waals surface area contributed by atoms with Crippen molar-refractivity contribution in [1.82, 2.24) is 0 Å². The Bertz CT molecular complexity index is 1600. The third-order valence-electron chi connectivity index (χ3n) is 6.70. The van der Waals surface area contributed by atoms with Crippen LogP contribution in [0.3, 0.4) is 0 Å². The van der Waals surface area contributed by atoms with E-state index < -0.39 is 0 Å². The normalized spacial score (nSPS) is 10.7. The van der Waals surface area contributed by atoms with Crippen molar-refractivity contribution in [3.05, 3.63) is 158 Å². The van der Waals surface area contributed by atoms with Gasteiger partial charge in [0.05, 0.1) is 0 Å². The first-order chi connectivity index (χ1) is 18.3. The molecular formula is C36H27N. The number of hydrogen-bond acceptors (Lipinski definition) is 1. The van der Waals surface area contributed by atoms with Gasteiger partial charge in [-0.05, 0) is 63.2 Å². The summed E-state index contributed by atoms with van der Waals surface area (Å²) >= 11 is 0. The van der Waals surface area contributed by atoms with Crippen LogP contribution >= 0.6 is 0 Å². The highest BCUT2D eigenvalue weighted by atomic mass is 14.9. The molecule has 1 N–H and O–H groups in total. The molecule has 0 unspecified atom stereocenters. The highest BCUT2D eigenvalue weighted by Gasteiger charge is 2.12. The summed E-state index contributed by atoms with van der Waals surface area (Å²) in [6.07, 6.45) is 0. The molecule has 0 bridgehead atoms. The fraction of sp³-hybridized carbons (Fsp3) is 0. The van der Waals surface area contributed by atoms with Crippen LogP contribution in [0.25, 0.3) is 44.5 Å². The Morgan fingerprint density at radius 1 is 0.297 bits per heavy atom. The highest BCUT2D eigenvalue weighted by Crippen LogP contribution is 2.38. The molecule has 0 aliphatic heterocycles. The van der Waals surface area contributed by atoms with E-state index in [-0.39, 0.29) is 0 Å². The van der Waals surface area contributed by atoms with E-state index in [1.165, 1.54) is 44.5 Å². The quantitative estimate of drug-likeness (QED) is 0.254. The van der Waals surface area contributed by atoms with Gasteiger partial charge in [0.25, 0.3) is 0 Å². The largest absolute Gasteiger partial charge is 0.355 e. The van der Waals surface area contributed by atoms with Crippen LogP contribution in [0.15, 0.2) is 158 Å². The molecule has 0 heterocycles. The van der Waals surface area contributed by atoms with Crippen LogP contribution in [0.2, 0.25) is 0 Å². The number of benzene rings is 6. The van der Waals surface area contributed by atoms with Gasteiger partial charge in [-0.2, -0.15) is 0 Å². The lowest BCUT2D eigenvalue weighted by Crippen LogP contribution is -1.95. The zero-order valence-electron chi connectivity index (χ0n) is 20.5. The molecule has 6 aromatic rings. The minimum Gasteiger partial charge on any atom is -0.355 e. The molecule has 0 aromatic heterocycles. The lowest BCUT2D eigenvalue weighted by Gasteiger charge is -2.17. The van der Waals surface area contributed by atoms with Crippen LogP contribution in [-0.4, -0.2) is 0 Å².